The smallest absolute Gasteiger partial charge is 0.255 e. The molecule has 0 fully saturated rings. The highest BCUT2D eigenvalue weighted by Gasteiger charge is 2.19. The molecule has 0 aliphatic heterocycles. The number of amides is 2. The van der Waals surface area contributed by atoms with Crippen molar-refractivity contribution in [2.75, 3.05) is 32.0 Å². The fourth-order valence-corrected chi connectivity index (χ4v) is 3.17. The number of rotatable bonds is 10. The van der Waals surface area contributed by atoms with Gasteiger partial charge in [0.15, 0.2) is 0 Å². The molecule has 34 heavy (non-hydrogen) atoms. The Bertz CT molecular complexity index is 1130. The van der Waals surface area contributed by atoms with Gasteiger partial charge in [0.1, 0.15) is 23.4 Å². The summed E-state index contributed by atoms with van der Waals surface area (Å²) in [5, 5.41) is 5.61. The fraction of sp³-hybridized carbons (Fsp3) is 0.231. The third-order valence-corrected chi connectivity index (χ3v) is 5.07. The van der Waals surface area contributed by atoms with Gasteiger partial charge in [-0.2, -0.15) is 0 Å². The van der Waals surface area contributed by atoms with E-state index in [0.29, 0.717) is 28.4 Å². The molecule has 1 atom stereocenters. The molecule has 0 saturated carbocycles. The summed E-state index contributed by atoms with van der Waals surface area (Å²) in [6.45, 7) is 1.91. The summed E-state index contributed by atoms with van der Waals surface area (Å²) in [5.41, 5.74) is 2.19. The Kier molecular flexibility index (Phi) is 8.48. The zero-order chi connectivity index (χ0) is 24.5. The third kappa shape index (κ3) is 6.26. The summed E-state index contributed by atoms with van der Waals surface area (Å²) in [6, 6.07) is 19.4. The average molecular weight is 465 g/mol. The lowest BCUT2D eigenvalue weighted by atomic mass is 10.2. The molecule has 0 heterocycles. The predicted octanol–water partition coefficient (Wildman–Crippen LogP) is 4.51. The molecule has 0 saturated heterocycles. The Morgan fingerprint density at radius 2 is 1.44 bits per heavy atom. The summed E-state index contributed by atoms with van der Waals surface area (Å²) < 4.78 is 21.8. The monoisotopic (exact) mass is 464 g/mol. The molecule has 3 aromatic rings. The second kappa shape index (κ2) is 11.7. The Morgan fingerprint density at radius 1 is 0.794 bits per heavy atom. The first kappa shape index (κ1) is 24.6. The van der Waals surface area contributed by atoms with Gasteiger partial charge in [0.05, 0.1) is 39.3 Å². The van der Waals surface area contributed by atoms with Crippen LogP contribution in [0.2, 0.25) is 0 Å². The van der Waals surface area contributed by atoms with Gasteiger partial charge in [0.2, 0.25) is 0 Å². The largest absolute Gasteiger partial charge is 0.497 e. The topological polar surface area (TPSA) is 95.1 Å². The summed E-state index contributed by atoms with van der Waals surface area (Å²) >= 11 is 0. The number of methoxy groups -OCH3 is 3. The number of nitrogens with one attached hydrogen (secondary N) is 2. The molecule has 2 N–H and O–H groups in total. The molecule has 8 heteroatoms. The molecule has 0 radical (unpaired) electrons. The number of hydrogen-bond donors (Lipinski definition) is 2. The zero-order valence-electron chi connectivity index (χ0n) is 19.6. The second-order valence-electron chi connectivity index (χ2n) is 7.37. The van der Waals surface area contributed by atoms with Crippen molar-refractivity contribution in [3.05, 3.63) is 77.9 Å². The Labute approximate surface area is 198 Å². The minimum Gasteiger partial charge on any atom is -0.497 e. The molecule has 1 unspecified atom stereocenters. The average Bonchev–Trinajstić information content (AvgIpc) is 2.88. The van der Waals surface area contributed by atoms with Gasteiger partial charge in [0.25, 0.3) is 11.8 Å². The lowest BCUT2D eigenvalue weighted by Gasteiger charge is -2.18. The number of anilines is 2. The molecule has 8 nitrogen and oxygen atoms in total. The van der Waals surface area contributed by atoms with E-state index < -0.39 is 6.10 Å². The molecular formula is C26H28N2O6. The number of ether oxygens (including phenoxy) is 4. The quantitative estimate of drug-likeness (QED) is 0.459. The van der Waals surface area contributed by atoms with E-state index in [9.17, 15) is 9.59 Å². The van der Waals surface area contributed by atoms with Crippen LogP contribution in [0.4, 0.5) is 11.4 Å². The standard InChI is InChI=1S/C26H28N2O6/c1-17(34-16-18-9-8-12-20(13-18)31-2)25(29)27-21-14-24(33-4)22(15-23(21)32-3)28-26(30)19-10-6-5-7-11-19/h5-15,17H,16H2,1-4H3,(H,27,29)(H,28,30). The van der Waals surface area contributed by atoms with Gasteiger partial charge in [-0.3, -0.25) is 9.59 Å². The van der Waals surface area contributed by atoms with E-state index in [4.69, 9.17) is 18.9 Å². The van der Waals surface area contributed by atoms with E-state index in [1.54, 1.807) is 50.4 Å². The van der Waals surface area contributed by atoms with Gasteiger partial charge in [-0.1, -0.05) is 30.3 Å². The van der Waals surface area contributed by atoms with Crippen LogP contribution in [0.25, 0.3) is 0 Å². The minimum absolute atomic E-state index is 0.247. The van der Waals surface area contributed by atoms with Crippen molar-refractivity contribution in [2.45, 2.75) is 19.6 Å². The maximum absolute atomic E-state index is 12.7. The van der Waals surface area contributed by atoms with Crippen LogP contribution in [-0.2, 0) is 16.1 Å². The van der Waals surface area contributed by atoms with Crippen molar-refractivity contribution >= 4 is 23.2 Å². The predicted molar refractivity (Wildman–Crippen MR) is 130 cm³/mol. The van der Waals surface area contributed by atoms with Gasteiger partial charge in [-0.15, -0.1) is 0 Å². The van der Waals surface area contributed by atoms with Gasteiger partial charge in [-0.05, 0) is 36.8 Å². The van der Waals surface area contributed by atoms with Crippen LogP contribution in [0.15, 0.2) is 66.7 Å². The normalized spacial score (nSPS) is 11.3. The van der Waals surface area contributed by atoms with Crippen molar-refractivity contribution in [1.82, 2.24) is 0 Å². The van der Waals surface area contributed by atoms with Crippen molar-refractivity contribution < 1.29 is 28.5 Å². The molecule has 0 bridgehead atoms. The summed E-state index contributed by atoms with van der Waals surface area (Å²) in [4.78, 5) is 25.3. The first-order valence-electron chi connectivity index (χ1n) is 10.6. The summed E-state index contributed by atoms with van der Waals surface area (Å²) in [5.74, 6) is 0.791. The van der Waals surface area contributed by atoms with Gasteiger partial charge >= 0.3 is 0 Å². The highest BCUT2D eigenvalue weighted by molar-refractivity contribution is 6.05. The van der Waals surface area contributed by atoms with Crippen LogP contribution in [0.1, 0.15) is 22.8 Å². The molecule has 0 aliphatic rings. The molecule has 0 aliphatic carbocycles. The lowest BCUT2D eigenvalue weighted by molar-refractivity contribution is -0.127. The van der Waals surface area contributed by atoms with Crippen molar-refractivity contribution in [1.29, 1.82) is 0 Å². The summed E-state index contributed by atoms with van der Waals surface area (Å²) in [6.07, 6.45) is -0.737. The Balaban J connectivity index is 1.70. The second-order valence-corrected chi connectivity index (χ2v) is 7.37. The maximum Gasteiger partial charge on any atom is 0.255 e. The van der Waals surface area contributed by atoms with E-state index in [2.05, 4.69) is 10.6 Å². The first-order valence-corrected chi connectivity index (χ1v) is 10.6. The van der Waals surface area contributed by atoms with Crippen LogP contribution in [0, 0.1) is 0 Å². The molecule has 2 amide bonds. The van der Waals surface area contributed by atoms with Crippen LogP contribution in [0.5, 0.6) is 17.2 Å². The number of hydrogen-bond acceptors (Lipinski definition) is 6. The maximum atomic E-state index is 12.7. The Morgan fingerprint density at radius 3 is 2.06 bits per heavy atom. The SMILES string of the molecule is COc1cccc(COC(C)C(=O)Nc2cc(OC)c(NC(=O)c3ccccc3)cc2OC)c1. The highest BCUT2D eigenvalue weighted by Crippen LogP contribution is 2.36. The molecule has 3 rings (SSSR count). The lowest BCUT2D eigenvalue weighted by Crippen LogP contribution is -2.28. The fourth-order valence-electron chi connectivity index (χ4n) is 3.17. The van der Waals surface area contributed by atoms with Crippen molar-refractivity contribution in [3.63, 3.8) is 0 Å². The van der Waals surface area contributed by atoms with Crippen LogP contribution < -0.4 is 24.8 Å². The third-order valence-electron chi connectivity index (χ3n) is 5.07. The van der Waals surface area contributed by atoms with Crippen molar-refractivity contribution in [3.8, 4) is 17.2 Å². The van der Waals surface area contributed by atoms with Crippen LogP contribution in [0.3, 0.4) is 0 Å². The molecular weight excluding hydrogens is 436 g/mol. The van der Waals surface area contributed by atoms with Crippen LogP contribution >= 0.6 is 0 Å². The van der Waals surface area contributed by atoms with E-state index >= 15 is 0 Å². The Hall–Kier alpha value is -4.04. The zero-order valence-corrected chi connectivity index (χ0v) is 19.6. The highest BCUT2D eigenvalue weighted by atomic mass is 16.5. The number of carbonyl (C=O) groups is 2. The van der Waals surface area contributed by atoms with Gasteiger partial charge in [-0.25, -0.2) is 0 Å². The molecule has 178 valence electrons. The van der Waals surface area contributed by atoms with Crippen LogP contribution in [-0.4, -0.2) is 39.2 Å². The van der Waals surface area contributed by atoms with Gasteiger partial charge in [0, 0.05) is 17.7 Å². The minimum atomic E-state index is -0.737. The van der Waals surface area contributed by atoms with E-state index in [1.165, 1.54) is 14.2 Å². The molecule has 0 spiro atoms. The molecule has 3 aromatic carbocycles. The van der Waals surface area contributed by atoms with E-state index in [0.717, 1.165) is 11.3 Å². The van der Waals surface area contributed by atoms with Gasteiger partial charge < -0.3 is 29.6 Å². The van der Waals surface area contributed by atoms with E-state index in [-0.39, 0.29) is 18.4 Å². The molecule has 0 aromatic heterocycles. The van der Waals surface area contributed by atoms with E-state index in [1.807, 2.05) is 30.3 Å². The number of carbonyl (C=O) groups excluding carboxylic acids is 2. The first-order chi connectivity index (χ1) is 16.4. The summed E-state index contributed by atoms with van der Waals surface area (Å²) in [7, 11) is 4.55. The van der Waals surface area contributed by atoms with Crippen molar-refractivity contribution in [2.24, 2.45) is 0 Å². The number of benzene rings is 3.